The van der Waals surface area contributed by atoms with Gasteiger partial charge in [-0.3, -0.25) is 0 Å². The van der Waals surface area contributed by atoms with Gasteiger partial charge in [-0.2, -0.15) is 0 Å². The standard InChI is InChI=1S/C12H12/c1-5-6-2-10(5,6)11-4-8(11)12(11)7-3-9(1,7)12/h5-8H,1-4H2. The van der Waals surface area contributed by atoms with E-state index in [2.05, 4.69) is 0 Å². The predicted molar refractivity (Wildman–Crippen MR) is 42.2 cm³/mol. The lowest BCUT2D eigenvalue weighted by molar-refractivity contribution is 0.163. The van der Waals surface area contributed by atoms with E-state index in [9.17, 15) is 0 Å². The fourth-order valence-electron chi connectivity index (χ4n) is 7.57. The van der Waals surface area contributed by atoms with Crippen LogP contribution in [-0.4, -0.2) is 0 Å². The zero-order chi connectivity index (χ0) is 7.14. The molecule has 7 saturated carbocycles. The third-order valence-electron chi connectivity index (χ3n) is 8.04. The molecule has 0 amide bonds. The minimum atomic E-state index is 1.05. The quantitative estimate of drug-likeness (QED) is 0.503. The molecule has 0 nitrogen and oxygen atoms in total. The minimum Gasteiger partial charge on any atom is -0.0430 e. The molecule has 7 aliphatic carbocycles. The fourth-order valence-corrected chi connectivity index (χ4v) is 7.57. The Bertz CT molecular complexity index is 426. The summed E-state index contributed by atoms with van der Waals surface area (Å²) in [7, 11) is 0. The summed E-state index contributed by atoms with van der Waals surface area (Å²) in [4.78, 5) is 0. The molecule has 12 heavy (non-hydrogen) atoms. The lowest BCUT2D eigenvalue weighted by Gasteiger charge is -2.31. The second kappa shape index (κ2) is 0.688. The van der Waals surface area contributed by atoms with Crippen LogP contribution in [0.5, 0.6) is 0 Å². The molecule has 8 atom stereocenters. The van der Waals surface area contributed by atoms with E-state index in [0.717, 1.165) is 21.7 Å². The monoisotopic (exact) mass is 156 g/mol. The molecule has 0 N–H and O–H groups in total. The van der Waals surface area contributed by atoms with Crippen molar-refractivity contribution in [1.29, 1.82) is 0 Å². The first-order valence-corrected chi connectivity index (χ1v) is 5.86. The molecule has 0 aromatic carbocycles. The van der Waals surface area contributed by atoms with Gasteiger partial charge in [0.15, 0.2) is 0 Å². The zero-order valence-electron chi connectivity index (χ0n) is 7.14. The summed E-state index contributed by atoms with van der Waals surface area (Å²) in [5, 5.41) is 0. The SMILES string of the molecule is C1C2C3CC23C23CC2C32C3CC132. The van der Waals surface area contributed by atoms with E-state index in [4.69, 9.17) is 0 Å². The Labute approximate surface area is 71.7 Å². The maximum atomic E-state index is 1.72. The molecule has 0 radical (unpaired) electrons. The largest absolute Gasteiger partial charge is 0.0430 e. The van der Waals surface area contributed by atoms with Gasteiger partial charge in [0.1, 0.15) is 0 Å². The van der Waals surface area contributed by atoms with Gasteiger partial charge in [-0.25, -0.2) is 0 Å². The highest BCUT2D eigenvalue weighted by Crippen LogP contribution is 3.25. The summed E-state index contributed by atoms with van der Waals surface area (Å²) < 4.78 is 0. The highest BCUT2D eigenvalue weighted by molar-refractivity contribution is 5.67. The van der Waals surface area contributed by atoms with Crippen molar-refractivity contribution in [3.8, 4) is 0 Å². The molecule has 0 heterocycles. The Morgan fingerprint density at radius 1 is 0.833 bits per heavy atom. The van der Waals surface area contributed by atoms with Crippen LogP contribution in [0.3, 0.4) is 0 Å². The van der Waals surface area contributed by atoms with Gasteiger partial charge in [-0.15, -0.1) is 0 Å². The van der Waals surface area contributed by atoms with E-state index >= 15 is 0 Å². The van der Waals surface area contributed by atoms with Crippen LogP contribution in [0.15, 0.2) is 0 Å². The van der Waals surface area contributed by atoms with Gasteiger partial charge in [0.2, 0.25) is 0 Å². The van der Waals surface area contributed by atoms with Gasteiger partial charge in [0, 0.05) is 0 Å². The van der Waals surface area contributed by atoms with Crippen LogP contribution in [-0.2, 0) is 0 Å². The van der Waals surface area contributed by atoms with Crippen molar-refractivity contribution < 1.29 is 0 Å². The molecular weight excluding hydrogens is 144 g/mol. The maximum absolute atomic E-state index is 1.72. The summed E-state index contributed by atoms with van der Waals surface area (Å²) in [5.74, 6) is 5.23. The molecule has 7 aliphatic rings. The molecule has 60 valence electrons. The van der Waals surface area contributed by atoms with Gasteiger partial charge in [0.25, 0.3) is 0 Å². The minimum absolute atomic E-state index is 1.05. The van der Waals surface area contributed by atoms with E-state index < -0.39 is 0 Å². The van der Waals surface area contributed by atoms with E-state index in [1.807, 2.05) is 0 Å². The van der Waals surface area contributed by atoms with Crippen LogP contribution in [0.25, 0.3) is 0 Å². The molecular formula is C12H12. The molecule has 0 aromatic heterocycles. The Kier molecular flexibility index (Phi) is 0.257. The van der Waals surface area contributed by atoms with Gasteiger partial charge in [-0.05, 0) is 71.0 Å². The average Bonchev–Trinajstić information content (AvgIpc) is 2.81. The number of rotatable bonds is 0. The smallest absolute Gasteiger partial charge is 0.0105 e. The van der Waals surface area contributed by atoms with Crippen LogP contribution in [0.4, 0.5) is 0 Å². The Morgan fingerprint density at radius 2 is 1.75 bits per heavy atom. The molecule has 0 aliphatic heterocycles. The lowest BCUT2D eigenvalue weighted by Crippen LogP contribution is -2.25. The maximum Gasteiger partial charge on any atom is -0.0105 e. The van der Waals surface area contributed by atoms with Crippen LogP contribution in [0, 0.1) is 45.3 Å². The van der Waals surface area contributed by atoms with Crippen molar-refractivity contribution >= 4 is 0 Å². The number of fused-ring (bicyclic) bond motifs is 1. The van der Waals surface area contributed by atoms with Crippen LogP contribution in [0.2, 0.25) is 0 Å². The molecule has 0 saturated heterocycles. The summed E-state index contributed by atoms with van der Waals surface area (Å²) >= 11 is 0. The van der Waals surface area contributed by atoms with Crippen LogP contribution < -0.4 is 0 Å². The summed E-state index contributed by atoms with van der Waals surface area (Å²) in [6.45, 7) is 0. The van der Waals surface area contributed by atoms with E-state index in [1.165, 1.54) is 23.7 Å². The normalized spacial score (nSPS) is 108. The molecule has 0 bridgehead atoms. The third-order valence-corrected chi connectivity index (χ3v) is 8.04. The highest BCUT2D eigenvalue weighted by Gasteiger charge is 3.20. The summed E-state index contributed by atoms with van der Waals surface area (Å²) in [6, 6.07) is 0. The predicted octanol–water partition coefficient (Wildman–Crippen LogP) is 2.05. The lowest BCUT2D eigenvalue weighted by atomic mass is 9.73. The third kappa shape index (κ3) is 0.144. The van der Waals surface area contributed by atoms with Gasteiger partial charge < -0.3 is 0 Å². The van der Waals surface area contributed by atoms with E-state index in [-0.39, 0.29) is 0 Å². The molecule has 8 unspecified atom stereocenters. The first-order chi connectivity index (χ1) is 5.86. The Morgan fingerprint density at radius 3 is 2.50 bits per heavy atom. The van der Waals surface area contributed by atoms with Crippen molar-refractivity contribution in [3.05, 3.63) is 0 Å². The number of hydrogen-bond donors (Lipinski definition) is 0. The summed E-state index contributed by atoms with van der Waals surface area (Å²) in [5.41, 5.74) is 4.30. The average molecular weight is 156 g/mol. The van der Waals surface area contributed by atoms with Crippen LogP contribution >= 0.6 is 0 Å². The topological polar surface area (TPSA) is 0 Å². The first-order valence-electron chi connectivity index (χ1n) is 5.86. The molecule has 4 spiro atoms. The molecule has 0 heteroatoms. The van der Waals surface area contributed by atoms with Crippen molar-refractivity contribution in [2.24, 2.45) is 45.3 Å². The van der Waals surface area contributed by atoms with Crippen LogP contribution in [0.1, 0.15) is 25.7 Å². The van der Waals surface area contributed by atoms with Gasteiger partial charge >= 0.3 is 0 Å². The Balaban J connectivity index is 1.68. The molecule has 7 fully saturated rings. The second-order valence-corrected chi connectivity index (χ2v) is 7.17. The number of hydrogen-bond acceptors (Lipinski definition) is 0. The van der Waals surface area contributed by atoms with Crippen molar-refractivity contribution in [3.63, 3.8) is 0 Å². The first kappa shape index (κ1) is 4.48. The van der Waals surface area contributed by atoms with Gasteiger partial charge in [0.05, 0.1) is 0 Å². The van der Waals surface area contributed by atoms with Crippen molar-refractivity contribution in [2.45, 2.75) is 25.7 Å². The zero-order valence-corrected chi connectivity index (χ0v) is 7.14. The molecule has 7 rings (SSSR count). The van der Waals surface area contributed by atoms with Crippen molar-refractivity contribution in [1.82, 2.24) is 0 Å². The fraction of sp³-hybridized carbons (Fsp3) is 1.00. The van der Waals surface area contributed by atoms with E-state index in [1.54, 1.807) is 25.7 Å². The molecule has 0 aromatic rings. The van der Waals surface area contributed by atoms with Gasteiger partial charge in [-0.1, -0.05) is 0 Å². The highest BCUT2D eigenvalue weighted by atomic mass is 15.2. The second-order valence-electron chi connectivity index (χ2n) is 7.17. The van der Waals surface area contributed by atoms with E-state index in [0.29, 0.717) is 0 Å². The van der Waals surface area contributed by atoms with Crippen molar-refractivity contribution in [2.75, 3.05) is 0 Å². The summed E-state index contributed by atoms with van der Waals surface area (Å²) in [6.07, 6.45) is 6.81. The Hall–Kier alpha value is 0.